The minimum absolute atomic E-state index is 0.135. The van der Waals surface area contributed by atoms with Gasteiger partial charge in [-0.1, -0.05) is 29.8 Å². The summed E-state index contributed by atoms with van der Waals surface area (Å²) in [6.45, 7) is 0. The van der Waals surface area contributed by atoms with E-state index in [-0.39, 0.29) is 16.8 Å². The lowest BCUT2D eigenvalue weighted by atomic mass is 10.1. The number of fused-ring (bicyclic) bond motifs is 1. The number of para-hydroxylation sites is 1. The molecule has 0 radical (unpaired) electrons. The van der Waals surface area contributed by atoms with E-state index in [1.165, 1.54) is 6.07 Å². The number of rotatable bonds is 4. The number of hydrogen-bond donors (Lipinski definition) is 0. The van der Waals surface area contributed by atoms with Gasteiger partial charge in [-0.2, -0.15) is 0 Å². The number of nitrogens with zero attached hydrogens (tertiary/aromatic N) is 1. The van der Waals surface area contributed by atoms with Gasteiger partial charge in [-0.05, 0) is 44.8 Å². The molecule has 134 valence electrons. The summed E-state index contributed by atoms with van der Waals surface area (Å²) in [5.41, 5.74) is 1.09. The van der Waals surface area contributed by atoms with E-state index >= 15 is 0 Å². The minimum atomic E-state index is -4.77. The van der Waals surface area contributed by atoms with Gasteiger partial charge in [0.2, 0.25) is 0 Å². The van der Waals surface area contributed by atoms with Gasteiger partial charge >= 0.3 is 6.36 Å². The van der Waals surface area contributed by atoms with E-state index in [1.807, 2.05) is 49.3 Å². The van der Waals surface area contributed by atoms with E-state index in [0.29, 0.717) is 23.3 Å². The van der Waals surface area contributed by atoms with Crippen LogP contribution in [0.1, 0.15) is 17.2 Å². The summed E-state index contributed by atoms with van der Waals surface area (Å²) < 4.78 is 48.5. The standard InChI is InChI=1S/C18H17ClF3NO2/c1-23(2)15-10-13-14(17(15)24-12-6-4-3-5-7-12)8-11(19)9-16(13)25-18(20,21)22/h3-9,15,17H,10H2,1-2H3/t15-,17-/m0/s1. The first-order chi connectivity index (χ1) is 11.7. The van der Waals surface area contributed by atoms with Gasteiger partial charge in [0.15, 0.2) is 0 Å². The molecule has 7 heteroatoms. The fourth-order valence-electron chi connectivity index (χ4n) is 3.08. The number of alkyl halides is 3. The first kappa shape index (κ1) is 17.9. The molecule has 3 rings (SSSR count). The van der Waals surface area contributed by atoms with Gasteiger partial charge in [0.25, 0.3) is 0 Å². The molecule has 0 aromatic heterocycles. The predicted octanol–water partition coefficient (Wildman–Crippen LogP) is 4.85. The molecule has 3 nitrogen and oxygen atoms in total. The Kier molecular flexibility index (Phi) is 4.84. The molecule has 2 atom stereocenters. The molecule has 0 amide bonds. The van der Waals surface area contributed by atoms with Gasteiger partial charge < -0.3 is 14.4 Å². The highest BCUT2D eigenvalue weighted by atomic mass is 35.5. The molecule has 0 spiro atoms. The highest BCUT2D eigenvalue weighted by Gasteiger charge is 2.40. The molecule has 25 heavy (non-hydrogen) atoms. The molecule has 0 N–H and O–H groups in total. The Morgan fingerprint density at radius 2 is 1.80 bits per heavy atom. The van der Waals surface area contributed by atoms with Crippen LogP contribution in [0.4, 0.5) is 13.2 Å². The minimum Gasteiger partial charge on any atom is -0.484 e. The van der Waals surface area contributed by atoms with Crippen molar-refractivity contribution in [2.24, 2.45) is 0 Å². The molecule has 0 heterocycles. The summed E-state index contributed by atoms with van der Waals surface area (Å²) in [6, 6.07) is 11.9. The van der Waals surface area contributed by atoms with Gasteiger partial charge in [-0.3, -0.25) is 0 Å². The lowest BCUT2D eigenvalue weighted by Crippen LogP contribution is -2.34. The van der Waals surface area contributed by atoms with E-state index in [2.05, 4.69) is 4.74 Å². The van der Waals surface area contributed by atoms with E-state index < -0.39 is 12.5 Å². The average molecular weight is 372 g/mol. The van der Waals surface area contributed by atoms with Gasteiger partial charge in [-0.25, -0.2) is 0 Å². The maximum atomic E-state index is 12.7. The number of likely N-dealkylation sites (N-methyl/N-ethyl adjacent to an activating group) is 1. The van der Waals surface area contributed by atoms with Crippen LogP contribution >= 0.6 is 11.6 Å². The van der Waals surface area contributed by atoms with Gasteiger partial charge in [0.1, 0.15) is 17.6 Å². The summed E-state index contributed by atoms with van der Waals surface area (Å²) in [7, 11) is 3.73. The zero-order chi connectivity index (χ0) is 18.2. The average Bonchev–Trinajstić information content (AvgIpc) is 2.86. The lowest BCUT2D eigenvalue weighted by Gasteiger charge is -2.27. The quantitative estimate of drug-likeness (QED) is 0.767. The van der Waals surface area contributed by atoms with E-state index in [9.17, 15) is 13.2 Å². The normalized spacial score (nSPS) is 19.8. The molecule has 0 saturated carbocycles. The molecule has 0 saturated heterocycles. The summed E-state index contributed by atoms with van der Waals surface area (Å²) in [5.74, 6) is 0.381. The van der Waals surface area contributed by atoms with Crippen molar-refractivity contribution in [2.75, 3.05) is 14.1 Å². The fraction of sp³-hybridized carbons (Fsp3) is 0.333. The Morgan fingerprint density at radius 1 is 1.12 bits per heavy atom. The van der Waals surface area contributed by atoms with Crippen LogP contribution in [-0.2, 0) is 6.42 Å². The molecule has 0 bridgehead atoms. The number of ether oxygens (including phenoxy) is 2. The van der Waals surface area contributed by atoms with Crippen LogP contribution < -0.4 is 9.47 Å². The summed E-state index contributed by atoms with van der Waals surface area (Å²) in [6.07, 6.45) is -4.84. The van der Waals surface area contributed by atoms with Crippen molar-refractivity contribution in [3.63, 3.8) is 0 Å². The maximum absolute atomic E-state index is 12.7. The van der Waals surface area contributed by atoms with Crippen molar-refractivity contribution in [1.82, 2.24) is 4.90 Å². The molecule has 1 aliphatic rings. The third-order valence-corrected chi connectivity index (χ3v) is 4.39. The zero-order valence-electron chi connectivity index (χ0n) is 13.7. The monoisotopic (exact) mass is 371 g/mol. The molecular formula is C18H17ClF3NO2. The van der Waals surface area contributed by atoms with E-state index in [1.54, 1.807) is 6.07 Å². The predicted molar refractivity (Wildman–Crippen MR) is 89.1 cm³/mol. The van der Waals surface area contributed by atoms with Crippen molar-refractivity contribution >= 4 is 11.6 Å². The molecular weight excluding hydrogens is 355 g/mol. The fourth-order valence-corrected chi connectivity index (χ4v) is 3.30. The van der Waals surface area contributed by atoms with Crippen molar-refractivity contribution in [1.29, 1.82) is 0 Å². The second-order valence-corrected chi connectivity index (χ2v) is 6.54. The van der Waals surface area contributed by atoms with Crippen molar-refractivity contribution < 1.29 is 22.6 Å². The summed E-state index contributed by atoms with van der Waals surface area (Å²) in [5, 5.41) is 0.180. The van der Waals surface area contributed by atoms with E-state index in [4.69, 9.17) is 16.3 Å². The van der Waals surface area contributed by atoms with Crippen molar-refractivity contribution in [2.45, 2.75) is 24.9 Å². The number of benzene rings is 2. The molecule has 0 unspecified atom stereocenters. The van der Waals surface area contributed by atoms with Crippen LogP contribution in [0, 0.1) is 0 Å². The van der Waals surface area contributed by atoms with Crippen LogP contribution in [0.25, 0.3) is 0 Å². The smallest absolute Gasteiger partial charge is 0.484 e. The lowest BCUT2D eigenvalue weighted by molar-refractivity contribution is -0.274. The summed E-state index contributed by atoms with van der Waals surface area (Å²) in [4.78, 5) is 1.93. The van der Waals surface area contributed by atoms with Crippen molar-refractivity contribution in [3.05, 3.63) is 58.6 Å². The number of halogens is 4. The third-order valence-electron chi connectivity index (χ3n) is 4.17. The maximum Gasteiger partial charge on any atom is 0.573 e. The second kappa shape index (κ2) is 6.77. The molecule has 0 aliphatic heterocycles. The summed E-state index contributed by atoms with van der Waals surface area (Å²) >= 11 is 6.04. The highest BCUT2D eigenvalue weighted by molar-refractivity contribution is 6.30. The van der Waals surface area contributed by atoms with Crippen LogP contribution in [0.3, 0.4) is 0 Å². The van der Waals surface area contributed by atoms with Crippen LogP contribution in [-0.4, -0.2) is 31.4 Å². The Hall–Kier alpha value is -1.92. The highest BCUT2D eigenvalue weighted by Crippen LogP contribution is 2.44. The van der Waals surface area contributed by atoms with Gasteiger partial charge in [0.05, 0.1) is 6.04 Å². The van der Waals surface area contributed by atoms with Crippen LogP contribution in [0.2, 0.25) is 5.02 Å². The molecule has 0 fully saturated rings. The molecule has 1 aliphatic carbocycles. The number of hydrogen-bond acceptors (Lipinski definition) is 3. The Balaban J connectivity index is 2.02. The Labute approximate surface area is 148 Å². The third kappa shape index (κ3) is 4.02. The van der Waals surface area contributed by atoms with Crippen molar-refractivity contribution in [3.8, 4) is 11.5 Å². The Morgan fingerprint density at radius 3 is 2.40 bits per heavy atom. The largest absolute Gasteiger partial charge is 0.573 e. The molecule has 2 aromatic rings. The molecule has 2 aromatic carbocycles. The topological polar surface area (TPSA) is 21.7 Å². The first-order valence-corrected chi connectivity index (χ1v) is 8.08. The van der Waals surface area contributed by atoms with Crippen LogP contribution in [0.15, 0.2) is 42.5 Å². The first-order valence-electron chi connectivity index (χ1n) is 7.71. The second-order valence-electron chi connectivity index (χ2n) is 6.11. The van der Waals surface area contributed by atoms with E-state index in [0.717, 1.165) is 0 Å². The van der Waals surface area contributed by atoms with Crippen LogP contribution in [0.5, 0.6) is 11.5 Å². The van der Waals surface area contributed by atoms with Gasteiger partial charge in [-0.15, -0.1) is 13.2 Å². The Bertz CT molecular complexity index is 750. The zero-order valence-corrected chi connectivity index (χ0v) is 14.4. The SMILES string of the molecule is CN(C)[C@H]1Cc2c(OC(F)(F)F)cc(Cl)cc2[C@@H]1Oc1ccccc1. The van der Waals surface area contributed by atoms with Gasteiger partial charge in [0, 0.05) is 16.1 Å².